The van der Waals surface area contributed by atoms with E-state index in [1.807, 2.05) is 0 Å². The van der Waals surface area contributed by atoms with Gasteiger partial charge in [-0.3, -0.25) is 110 Å². The number of aliphatic hydroxyl groups is 7. The van der Waals surface area contributed by atoms with E-state index in [0.29, 0.717) is 4.57 Å². The van der Waals surface area contributed by atoms with Crippen LogP contribution >= 0.6 is 54.8 Å². The van der Waals surface area contributed by atoms with Crippen LogP contribution in [0, 0.1) is 0 Å². The number of hydrogen-bond acceptors (Lipinski definition) is 59. The lowest BCUT2D eigenvalue weighted by Gasteiger charge is -2.27. The van der Waals surface area contributed by atoms with Gasteiger partial charge in [-0.05, 0) is 18.2 Å². The number of phosphoric ester groups is 7. The molecule has 11 aromatic heterocycles. The van der Waals surface area contributed by atoms with Gasteiger partial charge in [0.05, 0.1) is 71.6 Å². The van der Waals surface area contributed by atoms with Gasteiger partial charge in [-0.25, -0.2) is 86.2 Å². The van der Waals surface area contributed by atoms with Crippen LogP contribution in [0.5, 0.6) is 0 Å². The molecule has 816 valence electrons. The van der Waals surface area contributed by atoms with Crippen molar-refractivity contribution in [3.8, 4) is 0 Å². The first-order valence-electron chi connectivity index (χ1n) is 43.0. The second kappa shape index (κ2) is 42.3. The molecule has 33 atom stereocenters. The molecule has 6 unspecified atom stereocenters. The Morgan fingerprint density at radius 1 is 0.313 bits per heavy atom. The summed E-state index contributed by atoms with van der Waals surface area (Å²) in [7, 11) is -40.9. The standard InChI is InChI=1S/C67H86N29O47P7/c68-29-1-4-90(65(106)83-29)32-7-21(138-145(112,113)127-11-26-46(40(100)59(135-26)93-17-79-33-49(71)75-15-77-51(33)93)142-147(116,117)126-9-23-37(97)38(98)57(132-23)91-5-2-30(69)84-66(91)107)22(131-32)8-125-146(114,115)141-48-28(137-62(43(48)103)96-20-82-36-54(96)87-64(74)89-56(36)105)14-130-149(120,121)140-45-25(133-58(39(45)99)92-6-3-31(70)85-67(92)108)12-128-150(122,123)143-47-27(136-60(41(47)101)94-18-80-34-50(72)76-16-78-52(34)94)13-129-148(118,119)139-44-24(10-124-144(109,110)111)134-61(42(44)102)95-19-81-35-53(95)86-63(73)88-55(35)104/h1-6,15-28,32,37-48,57-62,97-103H,7-14H2,(H,112,113)(H,114,115)(H,116,117)(H,118,119)(H,120,121)(H,122,123)(H2,68,83,106)(H2,69,84,107)(H2,70,85,108)(H2,71,75,77)(H2,72,76,78)(H2,109,110,111)(H3,73,86,88,104)(H3,74,87,89,105)/t21-,22+,23+,24+,25+,26+,27+,28+,32+,37+,38+,39+,40+,41+,42+,43+,44+,45+,46+,47+,48+,57+,58+,59+,60+,61+,62+/m0/s1. The summed E-state index contributed by atoms with van der Waals surface area (Å²) in [4.78, 5) is 209. The lowest BCUT2D eigenvalue weighted by Crippen LogP contribution is -2.39. The van der Waals surface area contributed by atoms with Crippen LogP contribution in [0.15, 0.2) is 98.7 Å². The maximum atomic E-state index is 14.7. The summed E-state index contributed by atoms with van der Waals surface area (Å²) in [6.07, 6.45) is -48.6. The average molecular weight is 2270 g/mol. The summed E-state index contributed by atoms with van der Waals surface area (Å²) in [6, 6.07) is 3.25. The minimum Gasteiger partial charge on any atom is -0.387 e. The van der Waals surface area contributed by atoms with Gasteiger partial charge in [0.25, 0.3) is 11.1 Å². The number of nitrogens with one attached hydrogen (secondary N) is 2. The van der Waals surface area contributed by atoms with Gasteiger partial charge < -0.3 is 148 Å². The van der Waals surface area contributed by atoms with Crippen molar-refractivity contribution in [3.63, 3.8) is 0 Å². The number of imidazole rings is 4. The predicted octanol–water partition coefficient (Wildman–Crippen LogP) is -8.90. The summed E-state index contributed by atoms with van der Waals surface area (Å²) in [6.45, 7) is -9.38. The smallest absolute Gasteiger partial charge is 0.387 e. The molecule has 0 spiro atoms. The molecule has 150 heavy (non-hydrogen) atoms. The molecule has 0 aromatic carbocycles. The van der Waals surface area contributed by atoms with Gasteiger partial charge in [0.2, 0.25) is 11.9 Å². The Hall–Kier alpha value is -10.7. The van der Waals surface area contributed by atoms with Crippen LogP contribution in [0.25, 0.3) is 44.7 Å². The van der Waals surface area contributed by atoms with E-state index in [0.717, 1.165) is 102 Å². The number of aromatic nitrogens is 22. The average Bonchev–Trinajstić information content (AvgIpc) is 1.61. The minimum absolute atomic E-state index is 0.0692. The molecule has 31 N–H and O–H groups in total. The van der Waals surface area contributed by atoms with Crippen LogP contribution in [0.3, 0.4) is 0 Å². The first-order chi connectivity index (χ1) is 70.6. The summed E-state index contributed by atoms with van der Waals surface area (Å²) in [5.41, 5.74) is 33.1. The summed E-state index contributed by atoms with van der Waals surface area (Å²) < 4.78 is 215. The Morgan fingerprint density at radius 3 is 0.927 bits per heavy atom. The van der Waals surface area contributed by atoms with E-state index in [9.17, 15) is 131 Å². The van der Waals surface area contributed by atoms with E-state index < -0.39 is 330 Å². The number of nitrogens with zero attached hydrogens (tertiary/aromatic N) is 20. The SMILES string of the molecule is Nc1ccn([C@@H]2O[C@H](COP(=O)(O)O[C@H]3[C@@H](O)[C@H](n4cnc5c(N)ncnc54)O[C@@H]3COP(=O)(O)O[C@H]3C[C@H](n4ccc(N)nc4=O)O[C@@H]3COP(=O)(O)O[C@H]3[C@@H](O)[C@H](n4cnc5c(=O)[nH]c(N)nc54)O[C@@H]3COP(=O)(O)O[C@H]3[C@@H](O)[C@H](n4ccc(N)nc4=O)O[C@@H]3COP(=O)(O)O[C@H]3[C@@H](O)[C@H](n4cnc5c(N)ncnc54)O[C@@H]3COP(=O)(O)O[C@H]3[C@@H](O)[C@H](n4cnc5c(=O)[nH]c(N)nc54)O[C@@H]3COP(=O)(O)O)[C@@H](O)[C@H]2O)c(=O)n1. The molecule has 0 bridgehead atoms. The highest BCUT2D eigenvalue weighted by molar-refractivity contribution is 7.49. The van der Waals surface area contributed by atoms with Gasteiger partial charge >= 0.3 is 71.8 Å². The van der Waals surface area contributed by atoms with Crippen LogP contribution in [0.4, 0.5) is 41.0 Å². The topological polar surface area (TPSA) is 1110 Å². The number of nitrogens with two attached hydrogens (primary N) is 7. The van der Waals surface area contributed by atoms with Crippen LogP contribution in [-0.2, 0) is 124 Å². The second-order valence-corrected chi connectivity index (χ2v) is 43.1. The van der Waals surface area contributed by atoms with Gasteiger partial charge in [-0.1, -0.05) is 0 Å². The van der Waals surface area contributed by atoms with E-state index in [2.05, 4.69) is 79.3 Å². The normalized spacial score (nSPS) is 31.7. The number of anilines is 7. The van der Waals surface area contributed by atoms with Crippen molar-refractivity contribution in [1.29, 1.82) is 0 Å². The molecule has 83 heteroatoms. The van der Waals surface area contributed by atoms with Gasteiger partial charge in [0.1, 0.15) is 169 Å². The fourth-order valence-electron chi connectivity index (χ4n) is 16.9. The minimum atomic E-state index is -6.11. The molecule has 7 aliphatic rings. The lowest BCUT2D eigenvalue weighted by molar-refractivity contribution is -0.0659. The fourth-order valence-corrected chi connectivity index (χ4v) is 23.0. The number of aromatic amines is 2. The number of phosphoric acid groups is 7. The summed E-state index contributed by atoms with van der Waals surface area (Å²) in [5.74, 6) is -2.44. The van der Waals surface area contributed by atoms with E-state index in [-0.39, 0.29) is 56.8 Å². The summed E-state index contributed by atoms with van der Waals surface area (Å²) in [5, 5.41) is 81.8. The van der Waals surface area contributed by atoms with Crippen molar-refractivity contribution in [2.75, 3.05) is 86.4 Å². The number of ether oxygens (including phenoxy) is 7. The zero-order chi connectivity index (χ0) is 108. The van der Waals surface area contributed by atoms with Crippen molar-refractivity contribution in [2.24, 2.45) is 0 Å². The molecule has 0 aliphatic carbocycles. The van der Waals surface area contributed by atoms with Gasteiger partial charge in [-0.2, -0.15) is 24.9 Å². The Kier molecular flexibility index (Phi) is 30.7. The van der Waals surface area contributed by atoms with Crippen LogP contribution < -0.4 is 68.3 Å². The number of nitrogen functional groups attached to an aromatic ring is 7. The molecule has 7 saturated heterocycles. The fraction of sp³-hybridized carbons (Fsp3) is 0.522. The van der Waals surface area contributed by atoms with Crippen LogP contribution in [0.2, 0.25) is 0 Å². The van der Waals surface area contributed by atoms with E-state index in [1.54, 1.807) is 0 Å². The molecule has 76 nitrogen and oxygen atoms in total. The number of rotatable bonds is 40. The van der Waals surface area contributed by atoms with Crippen molar-refractivity contribution < 1.29 is 199 Å². The van der Waals surface area contributed by atoms with Gasteiger partial charge in [-0.15, -0.1) is 0 Å². The highest BCUT2D eigenvalue weighted by atomic mass is 31.2. The first kappa shape index (κ1) is 109. The molecule has 0 saturated carbocycles. The van der Waals surface area contributed by atoms with Crippen LogP contribution in [0.1, 0.15) is 50.0 Å². The summed E-state index contributed by atoms with van der Waals surface area (Å²) >= 11 is 0. The van der Waals surface area contributed by atoms with Gasteiger partial charge in [0.15, 0.2) is 82.6 Å². The maximum Gasteiger partial charge on any atom is 0.472 e. The number of hydrogen-bond donors (Lipinski definition) is 24. The van der Waals surface area contributed by atoms with Crippen molar-refractivity contribution in [1.82, 2.24) is 107 Å². The second-order valence-electron chi connectivity index (χ2n) is 33.4. The third-order valence-corrected chi connectivity index (χ3v) is 30.0. The highest BCUT2D eigenvalue weighted by Crippen LogP contribution is 2.59. The Balaban J connectivity index is 0.572. The van der Waals surface area contributed by atoms with Crippen molar-refractivity contribution >= 4 is 140 Å². The molecular formula is C67H86N29O47P7. The quantitative estimate of drug-likeness (QED) is 0.0159. The molecule has 0 amide bonds. The highest BCUT2D eigenvalue weighted by Gasteiger charge is 2.59. The van der Waals surface area contributed by atoms with E-state index >= 15 is 0 Å². The van der Waals surface area contributed by atoms with E-state index in [4.69, 9.17) is 128 Å². The van der Waals surface area contributed by atoms with Crippen molar-refractivity contribution in [2.45, 2.75) is 172 Å². The third kappa shape index (κ3) is 23.1. The van der Waals surface area contributed by atoms with E-state index in [1.165, 1.54) is 0 Å². The number of fused-ring (bicyclic) bond motifs is 4. The third-order valence-electron chi connectivity index (χ3n) is 23.6. The lowest BCUT2D eigenvalue weighted by atomic mass is 10.1. The molecule has 11 aromatic rings. The molecule has 18 heterocycles. The monoisotopic (exact) mass is 2270 g/mol. The maximum absolute atomic E-state index is 14.7. The molecule has 0 radical (unpaired) electrons. The Labute approximate surface area is 828 Å². The Morgan fingerprint density at radius 2 is 0.593 bits per heavy atom. The molecule has 7 fully saturated rings. The van der Waals surface area contributed by atoms with Crippen LogP contribution in [-0.4, -0.2) is 350 Å². The predicted molar refractivity (Wildman–Crippen MR) is 479 cm³/mol. The van der Waals surface area contributed by atoms with Crippen molar-refractivity contribution in [3.05, 3.63) is 127 Å². The van der Waals surface area contributed by atoms with Gasteiger partial charge in [0, 0.05) is 25.0 Å². The zero-order valence-corrected chi connectivity index (χ0v) is 81.3. The molecular weight excluding hydrogens is 2180 g/mol. The number of aliphatic hydroxyl groups excluding tert-OH is 7. The molecule has 7 aliphatic heterocycles. The largest absolute Gasteiger partial charge is 0.472 e. The number of H-pyrrole nitrogens is 2. The Bertz CT molecular complexity index is 7610. The molecule has 18 rings (SSSR count). The first-order valence-corrected chi connectivity index (χ1v) is 53.5. The zero-order valence-electron chi connectivity index (χ0n) is 75.1.